The minimum atomic E-state index is -0.568. The largest absolute Gasteiger partial charge is 0.354 e. The maximum atomic E-state index is 13.5. The lowest BCUT2D eigenvalue weighted by Crippen LogP contribution is -2.51. The zero-order chi connectivity index (χ0) is 24.2. The van der Waals surface area contributed by atoms with Crippen LogP contribution in [0.5, 0.6) is 0 Å². The van der Waals surface area contributed by atoms with Crippen molar-refractivity contribution in [1.82, 2.24) is 10.2 Å². The predicted octanol–water partition coefficient (Wildman–Crippen LogP) is 5.39. The molecule has 0 aliphatic heterocycles. The number of nitrogens with one attached hydrogen (secondary N) is 1. The number of aryl methyl sites for hydroxylation is 1. The molecule has 3 aromatic rings. The van der Waals surface area contributed by atoms with Gasteiger partial charge in [-0.3, -0.25) is 9.59 Å². The van der Waals surface area contributed by atoms with Crippen LogP contribution >= 0.6 is 11.8 Å². The molecule has 0 aliphatic carbocycles. The lowest BCUT2D eigenvalue weighted by atomic mass is 10.0. The predicted molar refractivity (Wildman–Crippen MR) is 142 cm³/mol. The molecule has 0 aliphatic rings. The second-order valence-electron chi connectivity index (χ2n) is 8.49. The molecule has 0 saturated heterocycles. The normalized spacial score (nSPS) is 11.6. The first-order chi connectivity index (χ1) is 16.6. The molecule has 178 valence electrons. The van der Waals surface area contributed by atoms with Crippen molar-refractivity contribution in [1.29, 1.82) is 0 Å². The average Bonchev–Trinajstić information content (AvgIpc) is 2.86. The number of hydrogen-bond acceptors (Lipinski definition) is 3. The first kappa shape index (κ1) is 25.6. The number of hydrogen-bond donors (Lipinski definition) is 1. The fourth-order valence-corrected chi connectivity index (χ4v) is 4.70. The molecule has 34 heavy (non-hydrogen) atoms. The van der Waals surface area contributed by atoms with Crippen LogP contribution in [0.25, 0.3) is 0 Å². The smallest absolute Gasteiger partial charge is 0.243 e. The summed E-state index contributed by atoms with van der Waals surface area (Å²) in [6.07, 6.45) is 1.33. The van der Waals surface area contributed by atoms with E-state index in [0.29, 0.717) is 25.3 Å². The summed E-state index contributed by atoms with van der Waals surface area (Å²) in [6, 6.07) is 27.6. The Bertz CT molecular complexity index is 1040. The highest BCUT2D eigenvalue weighted by molar-refractivity contribution is 7.99. The van der Waals surface area contributed by atoms with Gasteiger partial charge in [0, 0.05) is 25.3 Å². The van der Waals surface area contributed by atoms with Crippen LogP contribution in [-0.4, -0.2) is 35.1 Å². The molecule has 1 unspecified atom stereocenters. The van der Waals surface area contributed by atoms with Gasteiger partial charge in [-0.05, 0) is 30.0 Å². The van der Waals surface area contributed by atoms with Gasteiger partial charge in [0.15, 0.2) is 0 Å². The van der Waals surface area contributed by atoms with Crippen molar-refractivity contribution in [2.45, 2.75) is 45.0 Å². The summed E-state index contributed by atoms with van der Waals surface area (Å²) in [5, 5.41) is 3.02. The monoisotopic (exact) mass is 474 g/mol. The van der Waals surface area contributed by atoms with E-state index < -0.39 is 6.04 Å². The molecule has 0 heterocycles. The van der Waals surface area contributed by atoms with Gasteiger partial charge in [0.05, 0.1) is 5.75 Å². The fraction of sp³-hybridized carbons (Fsp3) is 0.310. The van der Waals surface area contributed by atoms with E-state index in [9.17, 15) is 9.59 Å². The molecule has 3 rings (SSSR count). The number of amides is 2. The quantitative estimate of drug-likeness (QED) is 0.383. The Morgan fingerprint density at radius 2 is 1.53 bits per heavy atom. The molecular weight excluding hydrogens is 440 g/mol. The number of thioether (sulfide) groups is 1. The van der Waals surface area contributed by atoms with Crippen molar-refractivity contribution >= 4 is 23.6 Å². The van der Waals surface area contributed by atoms with Gasteiger partial charge in [0.1, 0.15) is 6.04 Å². The van der Waals surface area contributed by atoms with E-state index in [4.69, 9.17) is 0 Å². The highest BCUT2D eigenvalue weighted by Gasteiger charge is 2.30. The van der Waals surface area contributed by atoms with Crippen LogP contribution in [0.1, 0.15) is 35.6 Å². The summed E-state index contributed by atoms with van der Waals surface area (Å²) in [5.41, 5.74) is 4.47. The van der Waals surface area contributed by atoms with Crippen LogP contribution in [-0.2, 0) is 28.3 Å². The Morgan fingerprint density at radius 1 is 0.882 bits per heavy atom. The molecule has 0 saturated carbocycles. The zero-order valence-electron chi connectivity index (χ0n) is 20.1. The Labute approximate surface area is 207 Å². The van der Waals surface area contributed by atoms with E-state index in [1.54, 1.807) is 16.7 Å². The molecule has 5 heteroatoms. The molecule has 0 radical (unpaired) electrons. The van der Waals surface area contributed by atoms with Crippen LogP contribution in [0.4, 0.5) is 0 Å². The molecule has 3 aromatic carbocycles. The molecule has 4 nitrogen and oxygen atoms in total. The minimum absolute atomic E-state index is 0.0194. The zero-order valence-corrected chi connectivity index (χ0v) is 20.9. The Morgan fingerprint density at radius 3 is 2.18 bits per heavy atom. The van der Waals surface area contributed by atoms with Crippen molar-refractivity contribution in [3.8, 4) is 0 Å². The summed E-state index contributed by atoms with van der Waals surface area (Å²) < 4.78 is 0. The molecule has 0 spiro atoms. The minimum Gasteiger partial charge on any atom is -0.354 e. The Balaban J connectivity index is 1.80. The molecule has 1 N–H and O–H groups in total. The first-order valence-electron chi connectivity index (χ1n) is 11.8. The second kappa shape index (κ2) is 13.6. The van der Waals surface area contributed by atoms with Crippen LogP contribution in [0, 0.1) is 6.92 Å². The van der Waals surface area contributed by atoms with Gasteiger partial charge in [-0.25, -0.2) is 0 Å². The van der Waals surface area contributed by atoms with Crippen molar-refractivity contribution in [3.05, 3.63) is 107 Å². The van der Waals surface area contributed by atoms with E-state index in [1.807, 2.05) is 73.7 Å². The lowest BCUT2D eigenvalue weighted by Gasteiger charge is -2.31. The third-order valence-electron chi connectivity index (χ3n) is 5.59. The Kier molecular flexibility index (Phi) is 10.2. The van der Waals surface area contributed by atoms with Gasteiger partial charge in [-0.1, -0.05) is 97.4 Å². The lowest BCUT2D eigenvalue weighted by molar-refractivity contribution is -0.139. The summed E-state index contributed by atoms with van der Waals surface area (Å²) in [5.74, 6) is 0.971. The van der Waals surface area contributed by atoms with Crippen molar-refractivity contribution in [2.75, 3.05) is 12.3 Å². The first-order valence-corrected chi connectivity index (χ1v) is 13.0. The van der Waals surface area contributed by atoms with Crippen LogP contribution in [0.2, 0.25) is 0 Å². The topological polar surface area (TPSA) is 49.4 Å². The molecular formula is C29H34N2O2S. The fourth-order valence-electron chi connectivity index (χ4n) is 3.84. The number of carbonyl (C=O) groups excluding carboxylic acids is 2. The van der Waals surface area contributed by atoms with Crippen LogP contribution in [0.3, 0.4) is 0 Å². The standard InChI is InChI=1S/C29H34N2O2S/c1-3-17-30-29(33)27(19-24-12-6-4-7-13-24)31(20-25-14-8-5-9-15-25)28(32)22-34-21-26-16-10-11-23(2)18-26/h4-16,18,27H,3,17,19-22H2,1-2H3,(H,30,33). The third kappa shape index (κ3) is 8.07. The summed E-state index contributed by atoms with van der Waals surface area (Å²) in [6.45, 7) is 5.10. The summed E-state index contributed by atoms with van der Waals surface area (Å²) >= 11 is 1.59. The summed E-state index contributed by atoms with van der Waals surface area (Å²) in [4.78, 5) is 28.6. The van der Waals surface area contributed by atoms with Crippen molar-refractivity contribution in [3.63, 3.8) is 0 Å². The second-order valence-corrected chi connectivity index (χ2v) is 9.47. The van der Waals surface area contributed by atoms with E-state index >= 15 is 0 Å². The van der Waals surface area contributed by atoms with Crippen LogP contribution in [0.15, 0.2) is 84.9 Å². The number of benzene rings is 3. The highest BCUT2D eigenvalue weighted by atomic mass is 32.2. The number of carbonyl (C=O) groups is 2. The van der Waals surface area contributed by atoms with Crippen LogP contribution < -0.4 is 5.32 Å². The van der Waals surface area contributed by atoms with Gasteiger partial charge >= 0.3 is 0 Å². The third-order valence-corrected chi connectivity index (χ3v) is 6.58. The highest BCUT2D eigenvalue weighted by Crippen LogP contribution is 2.19. The molecule has 0 fully saturated rings. The van der Waals surface area contributed by atoms with Crippen molar-refractivity contribution < 1.29 is 9.59 Å². The van der Waals surface area contributed by atoms with Gasteiger partial charge < -0.3 is 10.2 Å². The van der Waals surface area contributed by atoms with Gasteiger partial charge in [0.25, 0.3) is 0 Å². The van der Waals surface area contributed by atoms with Gasteiger partial charge in [0.2, 0.25) is 11.8 Å². The maximum absolute atomic E-state index is 13.5. The van der Waals surface area contributed by atoms with Gasteiger partial charge in [-0.2, -0.15) is 0 Å². The number of nitrogens with zero attached hydrogens (tertiary/aromatic N) is 1. The number of rotatable bonds is 12. The van der Waals surface area contributed by atoms with Crippen molar-refractivity contribution in [2.24, 2.45) is 0 Å². The maximum Gasteiger partial charge on any atom is 0.243 e. The SMILES string of the molecule is CCCNC(=O)C(Cc1ccccc1)N(Cc1ccccc1)C(=O)CSCc1cccc(C)c1. The van der Waals surface area contributed by atoms with E-state index in [0.717, 1.165) is 23.3 Å². The molecule has 1 atom stereocenters. The molecule has 2 amide bonds. The van der Waals surface area contributed by atoms with E-state index in [1.165, 1.54) is 11.1 Å². The Hall–Kier alpha value is -3.05. The average molecular weight is 475 g/mol. The molecule has 0 bridgehead atoms. The molecule has 0 aromatic heterocycles. The van der Waals surface area contributed by atoms with E-state index in [-0.39, 0.29) is 11.8 Å². The van der Waals surface area contributed by atoms with Gasteiger partial charge in [-0.15, -0.1) is 11.8 Å². The van der Waals surface area contributed by atoms with E-state index in [2.05, 4.69) is 30.4 Å². The summed E-state index contributed by atoms with van der Waals surface area (Å²) in [7, 11) is 0.